The quantitative estimate of drug-likeness (QED) is 0.848. The molecule has 0 spiro atoms. The molecule has 108 valence electrons. The monoisotopic (exact) mass is 266 g/mol. The van der Waals surface area contributed by atoms with Crippen LogP contribution in [-0.4, -0.2) is 34.8 Å². The minimum Gasteiger partial charge on any atom is -0.340 e. The fourth-order valence-electron chi connectivity index (χ4n) is 2.64. The van der Waals surface area contributed by atoms with Gasteiger partial charge in [0.25, 0.3) is 0 Å². The van der Waals surface area contributed by atoms with E-state index in [-0.39, 0.29) is 23.3 Å². The van der Waals surface area contributed by atoms with Crippen LogP contribution in [0.1, 0.15) is 53.9 Å². The first-order chi connectivity index (χ1) is 8.62. The summed E-state index contributed by atoms with van der Waals surface area (Å²) in [6.07, 6.45) is 3.06. The largest absolute Gasteiger partial charge is 0.340 e. The topological polar surface area (TPSA) is 49.4 Å². The molecule has 1 saturated heterocycles. The molecule has 1 saturated carbocycles. The molecule has 0 radical (unpaired) electrons. The number of hydrogen-bond acceptors (Lipinski definition) is 2. The lowest BCUT2D eigenvalue weighted by Crippen LogP contribution is -2.68. The Labute approximate surface area is 115 Å². The first-order valence-corrected chi connectivity index (χ1v) is 7.25. The van der Waals surface area contributed by atoms with Crippen LogP contribution in [0.25, 0.3) is 0 Å². The van der Waals surface area contributed by atoms with Crippen molar-refractivity contribution < 1.29 is 9.59 Å². The number of piperazine rings is 1. The van der Waals surface area contributed by atoms with E-state index in [4.69, 9.17) is 0 Å². The molecule has 1 aliphatic carbocycles. The molecule has 1 atom stereocenters. The van der Waals surface area contributed by atoms with Crippen molar-refractivity contribution >= 4 is 11.8 Å². The van der Waals surface area contributed by atoms with Gasteiger partial charge < -0.3 is 10.2 Å². The molecular weight excluding hydrogens is 240 g/mol. The van der Waals surface area contributed by atoms with E-state index < -0.39 is 5.54 Å². The van der Waals surface area contributed by atoms with E-state index in [9.17, 15) is 9.59 Å². The lowest BCUT2D eigenvalue weighted by atomic mass is 9.89. The maximum Gasteiger partial charge on any atom is 0.248 e. The Morgan fingerprint density at radius 1 is 1.26 bits per heavy atom. The highest BCUT2D eigenvalue weighted by Gasteiger charge is 2.50. The van der Waals surface area contributed by atoms with E-state index in [1.165, 1.54) is 0 Å². The average Bonchev–Trinajstić information content (AvgIpc) is 3.03. The minimum absolute atomic E-state index is 0.0287. The smallest absolute Gasteiger partial charge is 0.248 e. The molecule has 19 heavy (non-hydrogen) atoms. The maximum absolute atomic E-state index is 12.6. The second-order valence-corrected chi connectivity index (χ2v) is 7.71. The van der Waals surface area contributed by atoms with Crippen molar-refractivity contribution in [3.05, 3.63) is 0 Å². The zero-order valence-corrected chi connectivity index (χ0v) is 12.7. The van der Waals surface area contributed by atoms with E-state index in [1.54, 1.807) is 13.8 Å². The number of hydrogen-bond donors (Lipinski definition) is 1. The van der Waals surface area contributed by atoms with Crippen molar-refractivity contribution in [1.29, 1.82) is 0 Å². The van der Waals surface area contributed by atoms with Crippen molar-refractivity contribution in [2.45, 2.75) is 65.5 Å². The van der Waals surface area contributed by atoms with Crippen molar-refractivity contribution in [2.24, 2.45) is 11.3 Å². The summed E-state index contributed by atoms with van der Waals surface area (Å²) < 4.78 is 0. The van der Waals surface area contributed by atoms with Gasteiger partial charge in [-0.25, -0.2) is 0 Å². The molecule has 4 heteroatoms. The summed E-state index contributed by atoms with van der Waals surface area (Å²) in [6, 6.07) is -0.233. The zero-order valence-electron chi connectivity index (χ0n) is 12.7. The molecule has 1 unspecified atom stereocenters. The summed E-state index contributed by atoms with van der Waals surface area (Å²) in [5, 5.41) is 2.87. The molecule has 0 aromatic carbocycles. The molecule has 0 aromatic rings. The summed E-state index contributed by atoms with van der Waals surface area (Å²) >= 11 is 0. The van der Waals surface area contributed by atoms with E-state index in [2.05, 4.69) is 26.1 Å². The van der Waals surface area contributed by atoms with Gasteiger partial charge >= 0.3 is 0 Å². The molecule has 2 aliphatic rings. The van der Waals surface area contributed by atoms with Gasteiger partial charge in [-0.2, -0.15) is 0 Å². The van der Waals surface area contributed by atoms with Crippen LogP contribution in [0.5, 0.6) is 0 Å². The summed E-state index contributed by atoms with van der Waals surface area (Å²) in [4.78, 5) is 26.7. The van der Waals surface area contributed by atoms with E-state index in [0.29, 0.717) is 12.5 Å². The Bertz CT molecular complexity index is 391. The SMILES string of the molecule is CC(C)(C)CCN1C(=O)C(C)(C)NC(=O)C1C1CC1. The first-order valence-electron chi connectivity index (χ1n) is 7.25. The highest BCUT2D eigenvalue weighted by molar-refractivity contribution is 5.99. The van der Waals surface area contributed by atoms with Gasteiger partial charge in [0.05, 0.1) is 0 Å². The number of nitrogens with zero attached hydrogens (tertiary/aromatic N) is 1. The standard InChI is InChI=1S/C15H26N2O2/c1-14(2,3)8-9-17-11(10-6-7-10)12(18)16-15(4,5)13(17)19/h10-11H,6-9H2,1-5H3,(H,16,18). The Kier molecular flexibility index (Phi) is 3.40. The molecule has 2 fully saturated rings. The zero-order chi connectivity index (χ0) is 14.4. The van der Waals surface area contributed by atoms with Crippen molar-refractivity contribution in [2.75, 3.05) is 6.54 Å². The maximum atomic E-state index is 12.6. The van der Waals surface area contributed by atoms with Crippen LogP contribution in [0, 0.1) is 11.3 Å². The fourth-order valence-corrected chi connectivity index (χ4v) is 2.64. The van der Waals surface area contributed by atoms with Crippen LogP contribution in [0.15, 0.2) is 0 Å². The fraction of sp³-hybridized carbons (Fsp3) is 0.867. The van der Waals surface area contributed by atoms with Gasteiger partial charge in [-0.15, -0.1) is 0 Å². The van der Waals surface area contributed by atoms with Crippen LogP contribution in [0.2, 0.25) is 0 Å². The molecule has 2 rings (SSSR count). The molecular formula is C15H26N2O2. The van der Waals surface area contributed by atoms with Crippen LogP contribution < -0.4 is 5.32 Å². The molecule has 1 N–H and O–H groups in total. The van der Waals surface area contributed by atoms with Crippen LogP contribution >= 0.6 is 0 Å². The highest BCUT2D eigenvalue weighted by atomic mass is 16.2. The predicted octanol–water partition coefficient (Wildman–Crippen LogP) is 1.94. The Morgan fingerprint density at radius 3 is 2.32 bits per heavy atom. The predicted molar refractivity (Wildman–Crippen MR) is 74.5 cm³/mol. The van der Waals surface area contributed by atoms with Gasteiger partial charge in [-0.3, -0.25) is 9.59 Å². The average molecular weight is 266 g/mol. The van der Waals surface area contributed by atoms with E-state index >= 15 is 0 Å². The van der Waals surface area contributed by atoms with E-state index in [0.717, 1.165) is 19.3 Å². The third-order valence-electron chi connectivity index (χ3n) is 4.01. The highest BCUT2D eigenvalue weighted by Crippen LogP contribution is 2.38. The number of rotatable bonds is 3. The van der Waals surface area contributed by atoms with E-state index in [1.807, 2.05) is 4.90 Å². The van der Waals surface area contributed by atoms with Gasteiger partial charge in [-0.05, 0) is 44.4 Å². The van der Waals surface area contributed by atoms with Gasteiger partial charge in [0, 0.05) is 6.54 Å². The lowest BCUT2D eigenvalue weighted by molar-refractivity contribution is -0.154. The van der Waals surface area contributed by atoms with Crippen molar-refractivity contribution in [3.63, 3.8) is 0 Å². The second kappa shape index (κ2) is 4.50. The number of nitrogens with one attached hydrogen (secondary N) is 1. The lowest BCUT2D eigenvalue weighted by Gasteiger charge is -2.43. The van der Waals surface area contributed by atoms with Gasteiger partial charge in [0.2, 0.25) is 11.8 Å². The molecule has 4 nitrogen and oxygen atoms in total. The molecule has 0 bridgehead atoms. The Balaban J connectivity index is 2.17. The number of carbonyl (C=O) groups excluding carboxylic acids is 2. The summed E-state index contributed by atoms with van der Waals surface area (Å²) in [6.45, 7) is 10.8. The summed E-state index contributed by atoms with van der Waals surface area (Å²) in [5.41, 5.74) is -0.590. The second-order valence-electron chi connectivity index (χ2n) is 7.71. The van der Waals surface area contributed by atoms with Gasteiger partial charge in [0.15, 0.2) is 0 Å². The first kappa shape index (κ1) is 14.4. The third kappa shape index (κ3) is 3.10. The third-order valence-corrected chi connectivity index (χ3v) is 4.01. The number of carbonyl (C=O) groups is 2. The van der Waals surface area contributed by atoms with Crippen molar-refractivity contribution in [1.82, 2.24) is 10.2 Å². The summed E-state index contributed by atoms with van der Waals surface area (Å²) in [7, 11) is 0. The van der Waals surface area contributed by atoms with Gasteiger partial charge in [-0.1, -0.05) is 20.8 Å². The van der Waals surface area contributed by atoms with Crippen molar-refractivity contribution in [3.8, 4) is 0 Å². The van der Waals surface area contributed by atoms with Crippen LogP contribution in [-0.2, 0) is 9.59 Å². The van der Waals surface area contributed by atoms with Gasteiger partial charge in [0.1, 0.15) is 11.6 Å². The molecule has 1 aliphatic heterocycles. The Hall–Kier alpha value is -1.06. The minimum atomic E-state index is -0.764. The molecule has 1 heterocycles. The van der Waals surface area contributed by atoms with Crippen LogP contribution in [0.3, 0.4) is 0 Å². The summed E-state index contributed by atoms with van der Waals surface area (Å²) in [5.74, 6) is 0.467. The normalized spacial score (nSPS) is 27.4. The molecule has 0 aromatic heterocycles. The number of amides is 2. The van der Waals surface area contributed by atoms with Crippen LogP contribution in [0.4, 0.5) is 0 Å². The Morgan fingerprint density at radius 2 is 1.84 bits per heavy atom. The molecule has 2 amide bonds.